The lowest BCUT2D eigenvalue weighted by molar-refractivity contribution is 0.0951. The minimum Gasteiger partial charge on any atom is -0.351 e. The van der Waals surface area contributed by atoms with E-state index in [1.54, 1.807) is 10.8 Å². The van der Waals surface area contributed by atoms with Crippen LogP contribution in [0.4, 0.5) is 0 Å². The summed E-state index contributed by atoms with van der Waals surface area (Å²) in [5, 5.41) is 4.31. The van der Waals surface area contributed by atoms with Crippen molar-refractivity contribution < 1.29 is 4.79 Å². The smallest absolute Gasteiger partial charge is 0.260 e. The highest BCUT2D eigenvalue weighted by Crippen LogP contribution is 2.24. The van der Waals surface area contributed by atoms with E-state index in [9.17, 15) is 9.59 Å². The largest absolute Gasteiger partial charge is 0.351 e. The van der Waals surface area contributed by atoms with Crippen LogP contribution in [0.2, 0.25) is 0 Å². The molecule has 0 bridgehead atoms. The molecule has 6 heteroatoms. The van der Waals surface area contributed by atoms with Crippen LogP contribution in [0, 0.1) is 6.92 Å². The first-order valence-electron chi connectivity index (χ1n) is 10.8. The number of carbonyl (C=O) groups excluding carboxylic acids is 1. The Labute approximate surface area is 187 Å². The van der Waals surface area contributed by atoms with Gasteiger partial charge in [0.1, 0.15) is 0 Å². The molecule has 0 spiro atoms. The minimum absolute atomic E-state index is 0.155. The van der Waals surface area contributed by atoms with Gasteiger partial charge in [-0.1, -0.05) is 48.5 Å². The highest BCUT2D eigenvalue weighted by atomic mass is 16.2. The Balaban J connectivity index is 1.93. The third-order valence-electron chi connectivity index (χ3n) is 5.82. The van der Waals surface area contributed by atoms with Crippen LogP contribution in [-0.2, 0) is 0 Å². The summed E-state index contributed by atoms with van der Waals surface area (Å²) in [7, 11) is 3.92. The van der Waals surface area contributed by atoms with Gasteiger partial charge in [0.25, 0.3) is 11.5 Å². The molecular weight excluding hydrogens is 400 g/mol. The number of likely N-dealkylation sites (N-methyl/N-ethyl adjacent to an activating group) is 1. The van der Waals surface area contributed by atoms with Gasteiger partial charge in [0, 0.05) is 24.7 Å². The van der Waals surface area contributed by atoms with E-state index in [1.165, 1.54) is 0 Å². The topological polar surface area (TPSA) is 67.2 Å². The highest BCUT2D eigenvalue weighted by molar-refractivity contribution is 6.07. The fraction of sp³-hybridized carbons (Fsp3) is 0.269. The van der Waals surface area contributed by atoms with E-state index < -0.39 is 0 Å². The quantitative estimate of drug-likeness (QED) is 0.475. The lowest BCUT2D eigenvalue weighted by Gasteiger charge is -2.19. The van der Waals surface area contributed by atoms with E-state index in [2.05, 4.69) is 5.32 Å². The van der Waals surface area contributed by atoms with Crippen LogP contribution >= 0.6 is 0 Å². The number of hydrogen-bond donors (Lipinski definition) is 1. The number of aryl methyl sites for hydroxylation is 1. The Morgan fingerprint density at radius 1 is 1.09 bits per heavy atom. The van der Waals surface area contributed by atoms with Crippen molar-refractivity contribution in [3.8, 4) is 0 Å². The average molecular weight is 429 g/mol. The molecule has 4 aromatic rings. The summed E-state index contributed by atoms with van der Waals surface area (Å²) >= 11 is 0. The number of amides is 1. The fourth-order valence-electron chi connectivity index (χ4n) is 3.95. The maximum atomic E-state index is 13.5. The number of rotatable bonds is 6. The Morgan fingerprint density at radius 3 is 2.56 bits per heavy atom. The summed E-state index contributed by atoms with van der Waals surface area (Å²) in [6.45, 7) is 5.18. The molecule has 32 heavy (non-hydrogen) atoms. The van der Waals surface area contributed by atoms with Crippen molar-refractivity contribution >= 4 is 27.7 Å². The van der Waals surface area contributed by atoms with Crippen LogP contribution < -0.4 is 10.9 Å². The monoisotopic (exact) mass is 428 g/mol. The molecular formula is C26H28N4O2. The van der Waals surface area contributed by atoms with Gasteiger partial charge in [-0.15, -0.1) is 0 Å². The van der Waals surface area contributed by atoms with Crippen LogP contribution in [0.1, 0.15) is 34.5 Å². The van der Waals surface area contributed by atoms with Gasteiger partial charge in [0.05, 0.1) is 28.0 Å². The zero-order valence-electron chi connectivity index (χ0n) is 18.9. The molecule has 0 saturated carbocycles. The first kappa shape index (κ1) is 21.7. The Morgan fingerprint density at radius 2 is 1.84 bits per heavy atom. The van der Waals surface area contributed by atoms with Crippen molar-refractivity contribution in [3.63, 3.8) is 0 Å². The number of carbonyl (C=O) groups is 1. The zero-order valence-corrected chi connectivity index (χ0v) is 18.9. The van der Waals surface area contributed by atoms with Gasteiger partial charge >= 0.3 is 0 Å². The van der Waals surface area contributed by atoms with Crippen LogP contribution in [0.15, 0.2) is 65.6 Å². The molecule has 0 aliphatic heterocycles. The normalized spacial score (nSPS) is 12.4. The first-order valence-corrected chi connectivity index (χ1v) is 10.8. The summed E-state index contributed by atoms with van der Waals surface area (Å²) in [5.41, 5.74) is 3.50. The second-order valence-electron chi connectivity index (χ2n) is 8.43. The van der Waals surface area contributed by atoms with Gasteiger partial charge in [-0.25, -0.2) is 4.98 Å². The van der Waals surface area contributed by atoms with E-state index in [4.69, 9.17) is 4.98 Å². The van der Waals surface area contributed by atoms with Crippen molar-refractivity contribution in [2.24, 2.45) is 0 Å². The van der Waals surface area contributed by atoms with Gasteiger partial charge in [-0.2, -0.15) is 0 Å². The highest BCUT2D eigenvalue weighted by Gasteiger charge is 2.20. The molecule has 1 amide bonds. The molecule has 0 saturated heterocycles. The van der Waals surface area contributed by atoms with Crippen molar-refractivity contribution in [2.45, 2.75) is 19.9 Å². The van der Waals surface area contributed by atoms with Crippen molar-refractivity contribution in [1.29, 1.82) is 0 Å². The van der Waals surface area contributed by atoms with Gasteiger partial charge in [-0.05, 0) is 45.1 Å². The SMILES string of the molecule is Cc1cccc2cc3c(=O)n([C@@H](C)c4ccccc4)cc(C(=O)NCCN(C)C)c3nc12. The van der Waals surface area contributed by atoms with Gasteiger partial charge < -0.3 is 14.8 Å². The molecule has 1 atom stereocenters. The molecule has 2 heterocycles. The predicted molar refractivity (Wildman–Crippen MR) is 129 cm³/mol. The molecule has 4 rings (SSSR count). The molecule has 0 unspecified atom stereocenters. The summed E-state index contributed by atoms with van der Waals surface area (Å²) in [6, 6.07) is 17.3. The van der Waals surface area contributed by atoms with E-state index in [0.29, 0.717) is 23.0 Å². The number of nitrogens with zero attached hydrogens (tertiary/aromatic N) is 3. The van der Waals surface area contributed by atoms with Crippen LogP contribution in [0.25, 0.3) is 21.8 Å². The minimum atomic E-state index is -0.230. The number of nitrogens with one attached hydrogen (secondary N) is 1. The van der Waals surface area contributed by atoms with E-state index >= 15 is 0 Å². The summed E-state index contributed by atoms with van der Waals surface area (Å²) < 4.78 is 1.64. The second-order valence-corrected chi connectivity index (χ2v) is 8.43. The Bertz CT molecular complexity index is 1340. The van der Waals surface area contributed by atoms with Gasteiger partial charge in [-0.3, -0.25) is 9.59 Å². The predicted octanol–water partition coefficient (Wildman–Crippen LogP) is 3.76. The van der Waals surface area contributed by atoms with Crippen molar-refractivity contribution in [1.82, 2.24) is 19.8 Å². The third-order valence-corrected chi connectivity index (χ3v) is 5.82. The van der Waals surface area contributed by atoms with Crippen LogP contribution in [-0.4, -0.2) is 47.5 Å². The first-order chi connectivity index (χ1) is 15.4. The molecule has 2 aromatic heterocycles. The maximum Gasteiger partial charge on any atom is 0.260 e. The van der Waals surface area contributed by atoms with Gasteiger partial charge in [0.15, 0.2) is 0 Å². The molecule has 0 aliphatic carbocycles. The van der Waals surface area contributed by atoms with Crippen LogP contribution in [0.5, 0.6) is 0 Å². The van der Waals surface area contributed by atoms with Crippen molar-refractivity contribution in [2.75, 3.05) is 27.2 Å². The number of fused-ring (bicyclic) bond motifs is 2. The second kappa shape index (κ2) is 8.93. The average Bonchev–Trinajstić information content (AvgIpc) is 2.79. The molecule has 6 nitrogen and oxygen atoms in total. The molecule has 164 valence electrons. The molecule has 1 N–H and O–H groups in total. The fourth-order valence-corrected chi connectivity index (χ4v) is 3.95. The summed E-state index contributed by atoms with van der Waals surface area (Å²) in [6.07, 6.45) is 1.66. The number of pyridine rings is 2. The Hall–Kier alpha value is -3.51. The van der Waals surface area contributed by atoms with Crippen LogP contribution in [0.3, 0.4) is 0 Å². The third kappa shape index (κ3) is 4.14. The lowest BCUT2D eigenvalue weighted by atomic mass is 10.0. The summed E-state index contributed by atoms with van der Waals surface area (Å²) in [4.78, 5) is 33.5. The number of aromatic nitrogens is 2. The number of para-hydroxylation sites is 1. The maximum absolute atomic E-state index is 13.5. The zero-order chi connectivity index (χ0) is 22.8. The molecule has 0 fully saturated rings. The molecule has 2 aromatic carbocycles. The van der Waals surface area contributed by atoms with Gasteiger partial charge in [0.2, 0.25) is 0 Å². The van der Waals surface area contributed by atoms with E-state index in [0.717, 1.165) is 28.6 Å². The lowest BCUT2D eigenvalue weighted by Crippen LogP contribution is -2.33. The molecule has 0 aliphatic rings. The van der Waals surface area contributed by atoms with E-state index in [1.807, 2.05) is 87.4 Å². The molecule has 0 radical (unpaired) electrons. The number of hydrogen-bond acceptors (Lipinski definition) is 4. The summed E-state index contributed by atoms with van der Waals surface area (Å²) in [5.74, 6) is -0.230. The number of benzene rings is 2. The standard InChI is InChI=1S/C26H28N4O2/c1-17-9-8-12-20-15-21-24(28-23(17)20)22(25(31)27-13-14-29(3)4)16-30(26(21)32)18(2)19-10-6-5-7-11-19/h5-12,15-16,18H,13-14H2,1-4H3,(H,27,31)/t18-/m0/s1. The van der Waals surface area contributed by atoms with Crippen molar-refractivity contribution in [3.05, 3.63) is 87.8 Å². The Kier molecular flexibility index (Phi) is 6.06. The van der Waals surface area contributed by atoms with E-state index in [-0.39, 0.29) is 17.5 Å².